The Morgan fingerprint density at radius 3 is 2.48 bits per heavy atom. The molecule has 0 bridgehead atoms. The van der Waals surface area contributed by atoms with Gasteiger partial charge in [0.25, 0.3) is 5.91 Å². The van der Waals surface area contributed by atoms with Crippen LogP contribution in [0.4, 0.5) is 0 Å². The number of amides is 1. The molecule has 0 fully saturated rings. The maximum atomic E-state index is 11.9. The Balaban J connectivity index is 1.64. The minimum atomic E-state index is -0.0338. The summed E-state index contributed by atoms with van der Waals surface area (Å²) in [7, 11) is 5.27. The number of carbonyl (C=O) groups is 1. The lowest BCUT2D eigenvalue weighted by Gasteiger charge is -2.10. The van der Waals surface area contributed by atoms with Crippen LogP contribution in [-0.4, -0.2) is 40.9 Å². The monoisotopic (exact) mass is 392 g/mol. The van der Waals surface area contributed by atoms with Crippen LogP contribution < -0.4 is 4.74 Å². The van der Waals surface area contributed by atoms with Crippen LogP contribution in [0, 0.1) is 6.92 Å². The van der Waals surface area contributed by atoms with Crippen LogP contribution >= 0.6 is 0 Å². The number of rotatable bonds is 7. The van der Waals surface area contributed by atoms with Gasteiger partial charge in [-0.25, -0.2) is 4.68 Å². The summed E-state index contributed by atoms with van der Waals surface area (Å²) >= 11 is 0. The molecule has 3 aromatic rings. The fraction of sp³-hybridized carbons (Fsp3) is 0.227. The van der Waals surface area contributed by atoms with Crippen molar-refractivity contribution < 1.29 is 14.4 Å². The second-order valence-electron chi connectivity index (χ2n) is 6.75. The first-order valence-electron chi connectivity index (χ1n) is 9.18. The Hall–Kier alpha value is -3.61. The van der Waals surface area contributed by atoms with Gasteiger partial charge in [-0.3, -0.25) is 4.79 Å². The van der Waals surface area contributed by atoms with Gasteiger partial charge in [-0.2, -0.15) is 5.10 Å². The van der Waals surface area contributed by atoms with Crippen LogP contribution in [0.1, 0.15) is 27.2 Å². The fourth-order valence-corrected chi connectivity index (χ4v) is 2.73. The highest BCUT2D eigenvalue weighted by atomic mass is 16.6. The Morgan fingerprint density at radius 1 is 1.14 bits per heavy atom. The molecule has 1 amide bonds. The molecule has 0 spiro atoms. The number of carbonyl (C=O) groups excluding carboxylic acids is 1. The summed E-state index contributed by atoms with van der Waals surface area (Å²) < 4.78 is 7.62. The minimum absolute atomic E-state index is 0.0338. The van der Waals surface area contributed by atoms with Crippen molar-refractivity contribution in [2.45, 2.75) is 13.5 Å². The van der Waals surface area contributed by atoms with E-state index in [-0.39, 0.29) is 5.91 Å². The van der Waals surface area contributed by atoms with Crippen LogP contribution in [0.15, 0.2) is 59.8 Å². The first-order valence-corrected chi connectivity index (χ1v) is 9.18. The second-order valence-corrected chi connectivity index (χ2v) is 6.75. The van der Waals surface area contributed by atoms with Crippen molar-refractivity contribution in [1.82, 2.24) is 14.7 Å². The van der Waals surface area contributed by atoms with Crippen LogP contribution in [0.25, 0.3) is 0 Å². The summed E-state index contributed by atoms with van der Waals surface area (Å²) in [6, 6.07) is 16.8. The summed E-state index contributed by atoms with van der Waals surface area (Å²) in [4.78, 5) is 18.9. The Labute approximate surface area is 170 Å². The van der Waals surface area contributed by atoms with Gasteiger partial charge in [0.05, 0.1) is 17.5 Å². The van der Waals surface area contributed by atoms with Gasteiger partial charge in [-0.1, -0.05) is 35.5 Å². The highest BCUT2D eigenvalue weighted by Gasteiger charge is 2.14. The summed E-state index contributed by atoms with van der Waals surface area (Å²) in [5.74, 6) is 1.28. The van der Waals surface area contributed by atoms with Crippen molar-refractivity contribution in [1.29, 1.82) is 0 Å². The number of aryl methyl sites for hydroxylation is 2. The molecule has 29 heavy (non-hydrogen) atoms. The Morgan fingerprint density at radius 2 is 1.83 bits per heavy atom. The molecule has 150 valence electrons. The standard InChI is InChI=1S/C22H24N4O3/c1-16-20(22(26(4)24-16)29-19-8-6-5-7-9-19)14-23-28-15-17-10-12-18(13-11-17)21(27)25(2)3/h5-14H,15H2,1-4H3. The van der Waals surface area contributed by atoms with Crippen molar-refractivity contribution in [3.8, 4) is 11.6 Å². The van der Waals surface area contributed by atoms with Gasteiger partial charge in [0.15, 0.2) is 0 Å². The van der Waals surface area contributed by atoms with Crippen LogP contribution in [0.5, 0.6) is 11.6 Å². The van der Waals surface area contributed by atoms with Gasteiger partial charge in [-0.15, -0.1) is 0 Å². The maximum Gasteiger partial charge on any atom is 0.253 e. The van der Waals surface area contributed by atoms with Gasteiger partial charge in [-0.05, 0) is 36.8 Å². The van der Waals surface area contributed by atoms with E-state index in [0.717, 1.165) is 22.6 Å². The van der Waals surface area contributed by atoms with Crippen molar-refractivity contribution in [2.75, 3.05) is 14.1 Å². The second kappa shape index (κ2) is 9.05. The van der Waals surface area contributed by atoms with E-state index in [1.807, 2.05) is 56.4 Å². The molecule has 1 heterocycles. The van der Waals surface area contributed by atoms with Gasteiger partial charge in [0.2, 0.25) is 5.88 Å². The first kappa shape index (κ1) is 20.1. The van der Waals surface area contributed by atoms with E-state index in [9.17, 15) is 4.79 Å². The predicted molar refractivity (Wildman–Crippen MR) is 111 cm³/mol. The van der Waals surface area contributed by atoms with Gasteiger partial charge in [0.1, 0.15) is 12.4 Å². The predicted octanol–water partition coefficient (Wildman–Crippen LogP) is 3.77. The number of ether oxygens (including phenoxy) is 1. The third-order valence-electron chi connectivity index (χ3n) is 4.27. The molecule has 3 rings (SSSR count). The number of benzene rings is 2. The zero-order chi connectivity index (χ0) is 20.8. The highest BCUT2D eigenvalue weighted by Crippen LogP contribution is 2.25. The normalized spacial score (nSPS) is 10.9. The van der Waals surface area contributed by atoms with E-state index in [4.69, 9.17) is 9.57 Å². The smallest absolute Gasteiger partial charge is 0.253 e. The molecule has 2 aromatic carbocycles. The van der Waals surface area contributed by atoms with E-state index < -0.39 is 0 Å². The van der Waals surface area contributed by atoms with Crippen molar-refractivity contribution in [2.24, 2.45) is 12.2 Å². The summed E-state index contributed by atoms with van der Waals surface area (Å²) in [6.45, 7) is 2.18. The molecule has 0 saturated heterocycles. The first-order chi connectivity index (χ1) is 14.0. The van der Waals surface area contributed by atoms with E-state index in [2.05, 4.69) is 10.3 Å². The Kier molecular flexibility index (Phi) is 6.29. The largest absolute Gasteiger partial charge is 0.439 e. The molecule has 0 aliphatic heterocycles. The van der Waals surface area contributed by atoms with E-state index in [1.54, 1.807) is 42.0 Å². The molecule has 0 aliphatic carbocycles. The molecule has 7 nitrogen and oxygen atoms in total. The third-order valence-corrected chi connectivity index (χ3v) is 4.27. The Bertz CT molecular complexity index is 993. The van der Waals surface area contributed by atoms with Crippen molar-refractivity contribution in [3.63, 3.8) is 0 Å². The van der Waals surface area contributed by atoms with Crippen molar-refractivity contribution in [3.05, 3.63) is 77.0 Å². The molecule has 0 radical (unpaired) electrons. The maximum absolute atomic E-state index is 11.9. The van der Waals surface area contributed by atoms with Crippen molar-refractivity contribution >= 4 is 12.1 Å². The minimum Gasteiger partial charge on any atom is -0.439 e. The van der Waals surface area contributed by atoms with E-state index in [0.29, 0.717) is 18.1 Å². The molecular weight excluding hydrogens is 368 g/mol. The SMILES string of the molecule is Cc1nn(C)c(Oc2ccccc2)c1C=NOCc1ccc(C(=O)N(C)C)cc1. The zero-order valence-corrected chi connectivity index (χ0v) is 17.0. The average Bonchev–Trinajstić information content (AvgIpc) is 2.98. The number of hydrogen-bond donors (Lipinski definition) is 0. The average molecular weight is 392 g/mol. The lowest BCUT2D eigenvalue weighted by atomic mass is 10.1. The van der Waals surface area contributed by atoms with Crippen LogP contribution in [-0.2, 0) is 18.5 Å². The number of hydrogen-bond acceptors (Lipinski definition) is 5. The van der Waals surface area contributed by atoms with E-state index >= 15 is 0 Å². The molecule has 0 aliphatic rings. The molecule has 0 saturated carbocycles. The fourth-order valence-electron chi connectivity index (χ4n) is 2.73. The lowest BCUT2D eigenvalue weighted by molar-refractivity contribution is 0.0827. The van der Waals surface area contributed by atoms with Gasteiger partial charge in [0, 0.05) is 26.7 Å². The molecule has 0 N–H and O–H groups in total. The summed E-state index contributed by atoms with van der Waals surface area (Å²) in [6.07, 6.45) is 1.60. The molecule has 0 unspecified atom stereocenters. The zero-order valence-electron chi connectivity index (χ0n) is 17.0. The molecule has 0 atom stereocenters. The number of nitrogens with zero attached hydrogens (tertiary/aromatic N) is 4. The topological polar surface area (TPSA) is 69.0 Å². The molecule has 1 aromatic heterocycles. The highest BCUT2D eigenvalue weighted by molar-refractivity contribution is 5.93. The lowest BCUT2D eigenvalue weighted by Crippen LogP contribution is -2.21. The number of aromatic nitrogens is 2. The number of para-hydroxylation sites is 1. The van der Waals surface area contributed by atoms with Gasteiger partial charge >= 0.3 is 0 Å². The summed E-state index contributed by atoms with van der Waals surface area (Å²) in [5, 5.41) is 8.46. The van der Waals surface area contributed by atoms with Gasteiger partial charge < -0.3 is 14.5 Å². The third kappa shape index (κ3) is 5.01. The molecule has 7 heteroatoms. The van der Waals surface area contributed by atoms with E-state index in [1.165, 1.54) is 0 Å². The summed E-state index contributed by atoms with van der Waals surface area (Å²) in [5.41, 5.74) is 3.10. The number of oxime groups is 1. The quantitative estimate of drug-likeness (QED) is 0.453. The van der Waals surface area contributed by atoms with Crippen LogP contribution in [0.2, 0.25) is 0 Å². The van der Waals surface area contributed by atoms with Crippen LogP contribution in [0.3, 0.4) is 0 Å². The molecular formula is C22H24N4O3.